The highest BCUT2D eigenvalue weighted by Crippen LogP contribution is 2.06. The Bertz CT molecular complexity index is 310. The molecule has 84 valence electrons. The first-order valence-electron chi connectivity index (χ1n) is 5.61. The summed E-state index contributed by atoms with van der Waals surface area (Å²) in [6.45, 7) is 6.52. The van der Waals surface area contributed by atoms with Gasteiger partial charge in [-0.2, -0.15) is 0 Å². The second-order valence-electron chi connectivity index (χ2n) is 3.72. The highest BCUT2D eigenvalue weighted by atomic mass is 16.5. The van der Waals surface area contributed by atoms with E-state index in [1.165, 1.54) is 0 Å². The third-order valence-electron chi connectivity index (χ3n) is 2.52. The topological polar surface area (TPSA) is 52.0 Å². The standard InChI is InChI=1S/C10H18N4O/c1-2-6-15-7-3-9-12-13-10-8-11-4-5-14(9)10/h11H,2-8H2,1H3. The van der Waals surface area contributed by atoms with E-state index >= 15 is 0 Å². The van der Waals surface area contributed by atoms with Crippen LogP contribution in [0.5, 0.6) is 0 Å². The van der Waals surface area contributed by atoms with Gasteiger partial charge in [0.25, 0.3) is 0 Å². The smallest absolute Gasteiger partial charge is 0.147 e. The maximum Gasteiger partial charge on any atom is 0.147 e. The molecule has 2 rings (SSSR count). The van der Waals surface area contributed by atoms with Crippen molar-refractivity contribution in [3.63, 3.8) is 0 Å². The fourth-order valence-corrected chi connectivity index (χ4v) is 1.75. The van der Waals surface area contributed by atoms with E-state index < -0.39 is 0 Å². The normalized spacial score (nSPS) is 15.3. The molecular weight excluding hydrogens is 192 g/mol. The molecule has 5 heteroatoms. The molecule has 0 aromatic carbocycles. The van der Waals surface area contributed by atoms with Gasteiger partial charge < -0.3 is 14.6 Å². The highest BCUT2D eigenvalue weighted by molar-refractivity contribution is 4.98. The Hall–Kier alpha value is -0.940. The first-order valence-corrected chi connectivity index (χ1v) is 5.61. The SMILES string of the molecule is CCCOCCc1nnc2n1CCNC2. The van der Waals surface area contributed by atoms with Crippen LogP contribution in [0.1, 0.15) is 25.0 Å². The van der Waals surface area contributed by atoms with Crippen LogP contribution in [-0.2, 0) is 24.2 Å². The van der Waals surface area contributed by atoms with Crippen molar-refractivity contribution in [3.8, 4) is 0 Å². The van der Waals surface area contributed by atoms with Crippen molar-refractivity contribution in [3.05, 3.63) is 11.6 Å². The third-order valence-corrected chi connectivity index (χ3v) is 2.52. The van der Waals surface area contributed by atoms with Crippen LogP contribution < -0.4 is 5.32 Å². The molecule has 0 spiro atoms. The molecule has 0 aliphatic carbocycles. The van der Waals surface area contributed by atoms with E-state index in [1.54, 1.807) is 0 Å². The Kier molecular flexibility index (Phi) is 3.69. The second kappa shape index (κ2) is 5.23. The Labute approximate surface area is 89.8 Å². The van der Waals surface area contributed by atoms with Gasteiger partial charge in [0.15, 0.2) is 0 Å². The zero-order valence-corrected chi connectivity index (χ0v) is 9.20. The molecule has 0 saturated heterocycles. The number of rotatable bonds is 5. The summed E-state index contributed by atoms with van der Waals surface area (Å²) >= 11 is 0. The minimum absolute atomic E-state index is 0.749. The average molecular weight is 210 g/mol. The molecule has 1 aromatic heterocycles. The highest BCUT2D eigenvalue weighted by Gasteiger charge is 2.14. The molecular formula is C10H18N4O. The van der Waals surface area contributed by atoms with Gasteiger partial charge in [-0.3, -0.25) is 0 Å². The van der Waals surface area contributed by atoms with Crippen molar-refractivity contribution >= 4 is 0 Å². The fourth-order valence-electron chi connectivity index (χ4n) is 1.75. The van der Waals surface area contributed by atoms with Crippen LogP contribution in [0.15, 0.2) is 0 Å². The Morgan fingerprint density at radius 2 is 2.33 bits per heavy atom. The average Bonchev–Trinajstić information content (AvgIpc) is 2.68. The zero-order chi connectivity index (χ0) is 10.5. The predicted molar refractivity (Wildman–Crippen MR) is 56.5 cm³/mol. The van der Waals surface area contributed by atoms with E-state index in [2.05, 4.69) is 27.0 Å². The van der Waals surface area contributed by atoms with Crippen molar-refractivity contribution in [1.29, 1.82) is 0 Å². The van der Waals surface area contributed by atoms with E-state index in [4.69, 9.17) is 4.74 Å². The van der Waals surface area contributed by atoms with Crippen LogP contribution in [0.3, 0.4) is 0 Å². The lowest BCUT2D eigenvalue weighted by Crippen LogP contribution is -2.29. The number of ether oxygens (including phenoxy) is 1. The summed E-state index contributed by atoms with van der Waals surface area (Å²) in [7, 11) is 0. The van der Waals surface area contributed by atoms with E-state index in [0.29, 0.717) is 0 Å². The molecule has 1 aliphatic heterocycles. The molecule has 0 amide bonds. The molecule has 15 heavy (non-hydrogen) atoms. The number of nitrogens with zero attached hydrogens (tertiary/aromatic N) is 3. The summed E-state index contributed by atoms with van der Waals surface area (Å²) in [6, 6.07) is 0. The van der Waals surface area contributed by atoms with E-state index in [0.717, 1.165) is 57.3 Å². The van der Waals surface area contributed by atoms with Crippen molar-refractivity contribution in [1.82, 2.24) is 20.1 Å². The van der Waals surface area contributed by atoms with E-state index in [-0.39, 0.29) is 0 Å². The van der Waals surface area contributed by atoms with Gasteiger partial charge in [-0.15, -0.1) is 10.2 Å². The minimum atomic E-state index is 0.749. The predicted octanol–water partition coefficient (Wildman–Crippen LogP) is 0.350. The molecule has 0 saturated carbocycles. The molecule has 0 fully saturated rings. The monoisotopic (exact) mass is 210 g/mol. The molecule has 0 unspecified atom stereocenters. The van der Waals surface area contributed by atoms with Crippen LogP contribution in [-0.4, -0.2) is 34.5 Å². The van der Waals surface area contributed by atoms with Gasteiger partial charge in [-0.25, -0.2) is 0 Å². The Morgan fingerprint density at radius 3 is 3.20 bits per heavy atom. The minimum Gasteiger partial charge on any atom is -0.381 e. The van der Waals surface area contributed by atoms with Gasteiger partial charge in [-0.1, -0.05) is 6.92 Å². The van der Waals surface area contributed by atoms with Gasteiger partial charge in [0, 0.05) is 26.1 Å². The summed E-state index contributed by atoms with van der Waals surface area (Å²) in [5, 5.41) is 11.6. The van der Waals surface area contributed by atoms with Crippen molar-refractivity contribution in [2.24, 2.45) is 0 Å². The number of hydrogen-bond acceptors (Lipinski definition) is 4. The third kappa shape index (κ3) is 2.54. The zero-order valence-electron chi connectivity index (χ0n) is 9.20. The largest absolute Gasteiger partial charge is 0.381 e. The van der Waals surface area contributed by atoms with Gasteiger partial charge in [0.2, 0.25) is 0 Å². The summed E-state index contributed by atoms with van der Waals surface area (Å²) in [5.74, 6) is 2.11. The Morgan fingerprint density at radius 1 is 1.40 bits per heavy atom. The summed E-state index contributed by atoms with van der Waals surface area (Å²) in [5.41, 5.74) is 0. The van der Waals surface area contributed by atoms with Crippen molar-refractivity contribution in [2.75, 3.05) is 19.8 Å². The lowest BCUT2D eigenvalue weighted by molar-refractivity contribution is 0.136. The first-order chi connectivity index (χ1) is 7.42. The molecule has 1 aliphatic rings. The van der Waals surface area contributed by atoms with Gasteiger partial charge in [0.1, 0.15) is 11.6 Å². The van der Waals surface area contributed by atoms with Gasteiger partial charge in [0.05, 0.1) is 13.2 Å². The van der Waals surface area contributed by atoms with E-state index in [1.807, 2.05) is 0 Å². The van der Waals surface area contributed by atoms with Crippen LogP contribution in [0.25, 0.3) is 0 Å². The maximum absolute atomic E-state index is 5.45. The second-order valence-corrected chi connectivity index (χ2v) is 3.72. The molecule has 2 heterocycles. The maximum atomic E-state index is 5.45. The molecule has 5 nitrogen and oxygen atoms in total. The lowest BCUT2D eigenvalue weighted by Gasteiger charge is -2.15. The van der Waals surface area contributed by atoms with E-state index in [9.17, 15) is 0 Å². The summed E-state index contributed by atoms with van der Waals surface area (Å²) in [6.07, 6.45) is 1.94. The van der Waals surface area contributed by atoms with Crippen molar-refractivity contribution in [2.45, 2.75) is 32.9 Å². The van der Waals surface area contributed by atoms with Crippen molar-refractivity contribution < 1.29 is 4.74 Å². The lowest BCUT2D eigenvalue weighted by atomic mass is 10.3. The molecule has 1 N–H and O–H groups in total. The van der Waals surface area contributed by atoms with Gasteiger partial charge >= 0.3 is 0 Å². The molecule has 0 atom stereocenters. The Balaban J connectivity index is 1.88. The van der Waals surface area contributed by atoms with Gasteiger partial charge in [-0.05, 0) is 6.42 Å². The number of fused-ring (bicyclic) bond motifs is 1. The van der Waals surface area contributed by atoms with Crippen LogP contribution in [0.2, 0.25) is 0 Å². The summed E-state index contributed by atoms with van der Waals surface area (Å²) in [4.78, 5) is 0. The number of aromatic nitrogens is 3. The quantitative estimate of drug-likeness (QED) is 0.712. The summed E-state index contributed by atoms with van der Waals surface area (Å²) < 4.78 is 7.65. The number of hydrogen-bond donors (Lipinski definition) is 1. The molecule has 1 aromatic rings. The fraction of sp³-hybridized carbons (Fsp3) is 0.800. The van der Waals surface area contributed by atoms with Crippen LogP contribution in [0, 0.1) is 0 Å². The first kappa shape index (κ1) is 10.6. The molecule has 0 bridgehead atoms. The van der Waals surface area contributed by atoms with Crippen LogP contribution in [0.4, 0.5) is 0 Å². The molecule has 0 radical (unpaired) electrons. The van der Waals surface area contributed by atoms with Crippen LogP contribution >= 0.6 is 0 Å². The number of nitrogens with one attached hydrogen (secondary N) is 1.